The number of amides is 1. The maximum atomic E-state index is 14.9. The number of hydrogen-bond acceptors (Lipinski definition) is 5. The monoisotopic (exact) mass is 608 g/mol. The first-order valence-corrected chi connectivity index (χ1v) is 18.4. The Balaban J connectivity index is 1.22. The van der Waals surface area contributed by atoms with Gasteiger partial charge in [-0.05, 0) is 130 Å². The van der Waals surface area contributed by atoms with Gasteiger partial charge in [-0.1, -0.05) is 34.6 Å². The van der Waals surface area contributed by atoms with E-state index in [9.17, 15) is 14.4 Å². The normalized spacial score (nSPS) is 50.8. The minimum Gasteiger partial charge on any atom is -0.462 e. The molecule has 6 nitrogen and oxygen atoms in total. The van der Waals surface area contributed by atoms with Crippen LogP contribution in [0.2, 0.25) is 0 Å². The first-order valence-electron chi connectivity index (χ1n) is 18.4. The number of carbonyl (C=O) groups is 3. The Morgan fingerprint density at radius 3 is 2.14 bits per heavy atom. The minimum absolute atomic E-state index is 0.00368. The Kier molecular flexibility index (Phi) is 7.29. The molecular weight excluding hydrogens is 548 g/mol. The third kappa shape index (κ3) is 4.16. The van der Waals surface area contributed by atoms with Gasteiger partial charge in [-0.25, -0.2) is 0 Å². The molecule has 0 unspecified atom stereocenters. The van der Waals surface area contributed by atoms with Gasteiger partial charge in [-0.3, -0.25) is 19.3 Å². The molecule has 8 fully saturated rings. The van der Waals surface area contributed by atoms with Crippen molar-refractivity contribution in [3.8, 4) is 0 Å². The van der Waals surface area contributed by atoms with Crippen LogP contribution in [0.1, 0.15) is 126 Å². The summed E-state index contributed by atoms with van der Waals surface area (Å²) in [6, 6.07) is 0. The maximum absolute atomic E-state index is 14.9. The van der Waals surface area contributed by atoms with Crippen LogP contribution in [0, 0.1) is 62.6 Å². The minimum atomic E-state index is -0.361. The van der Waals surface area contributed by atoms with Crippen molar-refractivity contribution in [1.82, 2.24) is 9.80 Å². The predicted molar refractivity (Wildman–Crippen MR) is 171 cm³/mol. The first kappa shape index (κ1) is 31.2. The van der Waals surface area contributed by atoms with Crippen molar-refractivity contribution in [2.75, 3.05) is 26.3 Å². The van der Waals surface area contributed by atoms with Crippen LogP contribution in [-0.2, 0) is 19.1 Å². The molecule has 6 heteroatoms. The maximum Gasteiger partial charge on any atom is 0.302 e. The van der Waals surface area contributed by atoms with Crippen molar-refractivity contribution in [2.45, 2.75) is 132 Å². The van der Waals surface area contributed by atoms with E-state index in [2.05, 4.69) is 44.4 Å². The van der Waals surface area contributed by atoms with Crippen molar-refractivity contribution in [3.05, 3.63) is 0 Å². The van der Waals surface area contributed by atoms with Crippen molar-refractivity contribution in [2.24, 2.45) is 62.6 Å². The van der Waals surface area contributed by atoms with Crippen LogP contribution in [0.4, 0.5) is 0 Å². The highest BCUT2D eigenvalue weighted by Crippen LogP contribution is 2.77. The van der Waals surface area contributed by atoms with E-state index in [0.29, 0.717) is 35.4 Å². The molecule has 0 radical (unpaired) electrons. The number of piperidine rings is 1. The van der Waals surface area contributed by atoms with Gasteiger partial charge in [-0.2, -0.15) is 0 Å². The average Bonchev–Trinajstić information content (AvgIpc) is 3.10. The molecule has 10 atom stereocenters. The van der Waals surface area contributed by atoms with Crippen molar-refractivity contribution in [3.63, 3.8) is 0 Å². The molecule has 246 valence electrons. The van der Waals surface area contributed by atoms with E-state index >= 15 is 0 Å². The number of hydrogen-bond donors (Lipinski definition) is 0. The van der Waals surface area contributed by atoms with E-state index in [4.69, 9.17) is 4.74 Å². The molecule has 0 N–H and O–H groups in total. The van der Waals surface area contributed by atoms with Gasteiger partial charge in [0.1, 0.15) is 11.9 Å². The SMILES string of the molecule is CC(=O)O[C@H]1CC[C@]2(C)[C@H]3CC[C@@H]4[C@H]5[C@H](C(C)=O)CC[C@]5(C(=O)N5CC6CCN(CC6)C5)CC[C@@]4(C)[C@]3(C)CC[C@H]2C1(C)C. The second-order valence-corrected chi connectivity index (χ2v) is 18.3. The Morgan fingerprint density at radius 2 is 1.45 bits per heavy atom. The van der Waals surface area contributed by atoms with Gasteiger partial charge >= 0.3 is 5.97 Å². The lowest BCUT2D eigenvalue weighted by Gasteiger charge is -2.72. The van der Waals surface area contributed by atoms with Crippen molar-refractivity contribution < 1.29 is 19.1 Å². The summed E-state index contributed by atoms with van der Waals surface area (Å²) in [5, 5.41) is 0. The third-order valence-electron chi connectivity index (χ3n) is 16.5. The summed E-state index contributed by atoms with van der Waals surface area (Å²) in [6.07, 6.45) is 13.1. The average molecular weight is 609 g/mol. The summed E-state index contributed by atoms with van der Waals surface area (Å²) in [7, 11) is 0. The summed E-state index contributed by atoms with van der Waals surface area (Å²) in [6.45, 7) is 19.9. The van der Waals surface area contributed by atoms with Crippen molar-refractivity contribution in [1.29, 1.82) is 0 Å². The van der Waals surface area contributed by atoms with Crippen LogP contribution >= 0.6 is 0 Å². The predicted octanol–water partition coefficient (Wildman–Crippen LogP) is 7.10. The molecule has 0 spiro atoms. The number of nitrogens with zero attached hydrogens (tertiary/aromatic N) is 2. The molecule has 44 heavy (non-hydrogen) atoms. The van der Waals surface area contributed by atoms with Gasteiger partial charge in [0.05, 0.1) is 12.1 Å². The summed E-state index contributed by atoms with van der Waals surface area (Å²) >= 11 is 0. The molecule has 8 aliphatic rings. The van der Waals surface area contributed by atoms with E-state index in [1.54, 1.807) is 6.92 Å². The molecule has 5 saturated carbocycles. The van der Waals surface area contributed by atoms with Gasteiger partial charge < -0.3 is 9.64 Å². The molecular formula is C38H60N2O4. The Morgan fingerprint density at radius 1 is 0.727 bits per heavy atom. The molecule has 0 aromatic heterocycles. The van der Waals surface area contributed by atoms with E-state index in [1.165, 1.54) is 32.1 Å². The molecule has 0 aromatic rings. The first-order chi connectivity index (χ1) is 20.7. The fourth-order valence-electron chi connectivity index (χ4n) is 14.2. The van der Waals surface area contributed by atoms with Crippen LogP contribution in [0.3, 0.4) is 0 Å². The lowest BCUT2D eigenvalue weighted by atomic mass is 9.32. The molecule has 8 rings (SSSR count). The molecule has 3 saturated heterocycles. The van der Waals surface area contributed by atoms with Gasteiger partial charge in [0.25, 0.3) is 0 Å². The van der Waals surface area contributed by atoms with Crippen molar-refractivity contribution >= 4 is 17.7 Å². The standard InChI is InChI=1S/C38H60N2O4/c1-24(41)27-10-17-38(33(43)40-22-26-13-20-39(23-40)21-14-26)19-18-36(6)28(32(27)38)8-9-30-35(5)15-12-31(44-25(2)42)34(3,4)29(35)11-16-37(30,36)7/h26-32H,8-23H2,1-7H3/t27-,28+,29-,30+,31-,32+,35-,36+,37+,38-/m0/s1. The molecule has 3 heterocycles. The number of Topliss-reactive ketones (excluding diaryl/α,β-unsaturated/α-hetero) is 1. The van der Waals surface area contributed by atoms with Gasteiger partial charge in [0, 0.05) is 37.9 Å². The zero-order chi connectivity index (χ0) is 31.4. The molecule has 2 bridgehead atoms. The molecule has 0 aromatic carbocycles. The fourth-order valence-corrected chi connectivity index (χ4v) is 14.2. The number of esters is 1. The summed E-state index contributed by atoms with van der Waals surface area (Å²) in [5.41, 5.74) is 0.104. The van der Waals surface area contributed by atoms with E-state index < -0.39 is 0 Å². The zero-order valence-corrected chi connectivity index (χ0v) is 28.9. The second-order valence-electron chi connectivity index (χ2n) is 18.3. The summed E-state index contributed by atoms with van der Waals surface area (Å²) in [5.74, 6) is 2.98. The Hall–Kier alpha value is -1.43. The van der Waals surface area contributed by atoms with Gasteiger partial charge in [0.2, 0.25) is 5.91 Å². The number of carbonyl (C=O) groups excluding carboxylic acids is 3. The molecule has 3 aliphatic heterocycles. The second kappa shape index (κ2) is 10.3. The Bertz CT molecular complexity index is 1190. The van der Waals surface area contributed by atoms with E-state index in [-0.39, 0.29) is 51.0 Å². The van der Waals surface area contributed by atoms with Gasteiger partial charge in [-0.15, -0.1) is 0 Å². The summed E-state index contributed by atoms with van der Waals surface area (Å²) < 4.78 is 5.95. The lowest BCUT2D eigenvalue weighted by molar-refractivity contribution is -0.249. The quantitative estimate of drug-likeness (QED) is 0.320. The van der Waals surface area contributed by atoms with E-state index in [1.807, 2.05) is 6.92 Å². The van der Waals surface area contributed by atoms with Crippen LogP contribution in [0.5, 0.6) is 0 Å². The fraction of sp³-hybridized carbons (Fsp3) is 0.921. The largest absolute Gasteiger partial charge is 0.462 e. The highest BCUT2D eigenvalue weighted by Gasteiger charge is 2.72. The van der Waals surface area contributed by atoms with Crippen LogP contribution in [0.25, 0.3) is 0 Å². The highest BCUT2D eigenvalue weighted by atomic mass is 16.5. The third-order valence-corrected chi connectivity index (χ3v) is 16.5. The highest BCUT2D eigenvalue weighted by molar-refractivity contribution is 5.87. The van der Waals surface area contributed by atoms with E-state index in [0.717, 1.165) is 71.2 Å². The molecule has 1 amide bonds. The van der Waals surface area contributed by atoms with Gasteiger partial charge in [0.15, 0.2) is 0 Å². The molecule has 5 aliphatic carbocycles. The van der Waals surface area contributed by atoms with Crippen LogP contribution in [0.15, 0.2) is 0 Å². The number of ketones is 1. The zero-order valence-electron chi connectivity index (χ0n) is 28.9. The number of ether oxygens (including phenoxy) is 1. The summed E-state index contributed by atoms with van der Waals surface area (Å²) in [4.78, 5) is 45.1. The topological polar surface area (TPSA) is 66.9 Å². The van der Waals surface area contributed by atoms with Crippen LogP contribution < -0.4 is 0 Å². The Labute approximate surface area is 266 Å². The smallest absolute Gasteiger partial charge is 0.302 e. The lowest BCUT2D eigenvalue weighted by Crippen LogP contribution is -2.67. The number of rotatable bonds is 3. The number of fused-ring (bicyclic) bond motifs is 11. The van der Waals surface area contributed by atoms with Crippen LogP contribution in [-0.4, -0.2) is 59.9 Å².